The zero-order chi connectivity index (χ0) is 16.4. The first-order chi connectivity index (χ1) is 11.8. The Kier molecular flexibility index (Phi) is 3.70. The third-order valence-corrected chi connectivity index (χ3v) is 3.84. The number of H-pyrrole nitrogens is 1. The molecule has 3 heterocycles. The Morgan fingerprint density at radius 3 is 3.04 bits per heavy atom. The van der Waals surface area contributed by atoms with Crippen molar-refractivity contribution in [2.75, 3.05) is 5.32 Å². The maximum absolute atomic E-state index is 12.3. The van der Waals surface area contributed by atoms with E-state index in [-0.39, 0.29) is 18.0 Å². The monoisotopic (exact) mass is 325 g/mol. The van der Waals surface area contributed by atoms with Crippen LogP contribution in [-0.2, 0) is 0 Å². The Bertz CT molecular complexity index is 839. The van der Waals surface area contributed by atoms with E-state index in [0.29, 0.717) is 17.3 Å². The predicted octanol–water partition coefficient (Wildman–Crippen LogP) is 2.64. The number of rotatable bonds is 5. The van der Waals surface area contributed by atoms with Gasteiger partial charge in [-0.2, -0.15) is 4.98 Å². The van der Waals surface area contributed by atoms with Gasteiger partial charge in [-0.25, -0.2) is 4.98 Å². The number of carbonyl (C=O) groups is 1. The number of aromatic amines is 1. The molecule has 0 unspecified atom stereocenters. The predicted molar refractivity (Wildman–Crippen MR) is 84.5 cm³/mol. The molecule has 0 saturated heterocycles. The SMILES string of the molecule is O=C(Nc1n[nH]c(-c2ccoc2)n1)c1ccnc(OC2CCC2)c1. The van der Waals surface area contributed by atoms with Gasteiger partial charge in [-0.1, -0.05) is 0 Å². The molecule has 1 aliphatic carbocycles. The van der Waals surface area contributed by atoms with Gasteiger partial charge in [0, 0.05) is 17.8 Å². The van der Waals surface area contributed by atoms with Gasteiger partial charge in [0.25, 0.3) is 5.91 Å². The number of ether oxygens (including phenoxy) is 1. The second-order valence-electron chi connectivity index (χ2n) is 5.53. The third kappa shape index (κ3) is 2.98. The fourth-order valence-electron chi connectivity index (χ4n) is 2.29. The van der Waals surface area contributed by atoms with Crippen molar-refractivity contribution in [3.05, 3.63) is 42.5 Å². The Labute approximate surface area is 137 Å². The van der Waals surface area contributed by atoms with Crippen LogP contribution in [0.2, 0.25) is 0 Å². The lowest BCUT2D eigenvalue weighted by atomic mass is 9.96. The molecule has 0 aromatic carbocycles. The van der Waals surface area contributed by atoms with Crippen LogP contribution in [0.3, 0.4) is 0 Å². The number of amides is 1. The number of anilines is 1. The molecule has 1 amide bonds. The molecule has 1 aliphatic rings. The second kappa shape index (κ2) is 6.15. The molecule has 3 aromatic heterocycles. The van der Waals surface area contributed by atoms with Crippen LogP contribution in [0.5, 0.6) is 5.88 Å². The Morgan fingerprint density at radius 1 is 1.38 bits per heavy atom. The molecule has 2 N–H and O–H groups in total. The maximum Gasteiger partial charge on any atom is 0.258 e. The van der Waals surface area contributed by atoms with Crippen molar-refractivity contribution in [2.24, 2.45) is 0 Å². The van der Waals surface area contributed by atoms with E-state index >= 15 is 0 Å². The van der Waals surface area contributed by atoms with Crippen LogP contribution in [0, 0.1) is 0 Å². The normalized spacial score (nSPS) is 14.2. The van der Waals surface area contributed by atoms with E-state index in [2.05, 4.69) is 25.5 Å². The van der Waals surface area contributed by atoms with Crippen molar-refractivity contribution in [3.8, 4) is 17.3 Å². The van der Waals surface area contributed by atoms with E-state index in [0.717, 1.165) is 18.4 Å². The quantitative estimate of drug-likeness (QED) is 0.747. The first-order valence-electron chi connectivity index (χ1n) is 7.67. The Hall–Kier alpha value is -3.16. The van der Waals surface area contributed by atoms with Gasteiger partial charge in [-0.15, -0.1) is 5.10 Å². The van der Waals surface area contributed by atoms with E-state index in [1.165, 1.54) is 12.7 Å². The zero-order valence-electron chi connectivity index (χ0n) is 12.7. The van der Waals surface area contributed by atoms with E-state index in [4.69, 9.17) is 9.15 Å². The molecular weight excluding hydrogens is 310 g/mol. The summed E-state index contributed by atoms with van der Waals surface area (Å²) in [4.78, 5) is 20.7. The number of nitrogens with one attached hydrogen (secondary N) is 2. The molecule has 8 nitrogen and oxygen atoms in total. The van der Waals surface area contributed by atoms with Crippen LogP contribution >= 0.6 is 0 Å². The lowest BCUT2D eigenvalue weighted by molar-refractivity contribution is 0.101. The fraction of sp³-hybridized carbons (Fsp3) is 0.250. The van der Waals surface area contributed by atoms with Crippen molar-refractivity contribution < 1.29 is 13.9 Å². The molecule has 0 radical (unpaired) electrons. The minimum atomic E-state index is -0.325. The summed E-state index contributed by atoms with van der Waals surface area (Å²) in [6, 6.07) is 4.99. The van der Waals surface area contributed by atoms with Crippen LogP contribution in [0.25, 0.3) is 11.4 Å². The number of hydrogen-bond donors (Lipinski definition) is 2. The molecular formula is C16H15N5O3. The average molecular weight is 325 g/mol. The summed E-state index contributed by atoms with van der Waals surface area (Å²) in [6.07, 6.45) is 8.08. The standard InChI is InChI=1S/C16H15N5O3/c22-15(10-4-6-17-13(8-10)24-12-2-1-3-12)19-16-18-14(20-21-16)11-5-7-23-9-11/h4-9,12H,1-3H2,(H2,18,19,20,21,22). The highest BCUT2D eigenvalue weighted by molar-refractivity contribution is 6.03. The van der Waals surface area contributed by atoms with Gasteiger partial charge in [-0.05, 0) is 31.4 Å². The molecule has 4 rings (SSSR count). The number of furan rings is 1. The van der Waals surface area contributed by atoms with E-state index in [1.54, 1.807) is 30.7 Å². The first kappa shape index (κ1) is 14.4. The Morgan fingerprint density at radius 2 is 2.29 bits per heavy atom. The van der Waals surface area contributed by atoms with Gasteiger partial charge in [0.05, 0.1) is 11.8 Å². The Balaban J connectivity index is 1.45. The summed E-state index contributed by atoms with van der Waals surface area (Å²) < 4.78 is 10.7. The highest BCUT2D eigenvalue weighted by Gasteiger charge is 2.20. The summed E-state index contributed by atoms with van der Waals surface area (Å²) in [7, 11) is 0. The summed E-state index contributed by atoms with van der Waals surface area (Å²) >= 11 is 0. The molecule has 3 aromatic rings. The topological polar surface area (TPSA) is 106 Å². The van der Waals surface area contributed by atoms with Crippen LogP contribution in [-0.4, -0.2) is 32.2 Å². The van der Waals surface area contributed by atoms with Crippen molar-refractivity contribution in [2.45, 2.75) is 25.4 Å². The summed E-state index contributed by atoms with van der Waals surface area (Å²) in [5.41, 5.74) is 1.19. The summed E-state index contributed by atoms with van der Waals surface area (Å²) in [5, 5.41) is 9.36. The molecule has 8 heteroatoms. The van der Waals surface area contributed by atoms with Crippen LogP contribution in [0.4, 0.5) is 5.95 Å². The zero-order valence-corrected chi connectivity index (χ0v) is 12.7. The number of carbonyl (C=O) groups excluding carboxylic acids is 1. The van der Waals surface area contributed by atoms with Gasteiger partial charge in [0.2, 0.25) is 11.8 Å². The van der Waals surface area contributed by atoms with Gasteiger partial charge < -0.3 is 9.15 Å². The molecule has 0 atom stereocenters. The van der Waals surface area contributed by atoms with Gasteiger partial charge >= 0.3 is 0 Å². The average Bonchev–Trinajstić information content (AvgIpc) is 3.22. The lowest BCUT2D eigenvalue weighted by Crippen LogP contribution is -2.25. The number of nitrogens with zero attached hydrogens (tertiary/aromatic N) is 3. The van der Waals surface area contributed by atoms with Crippen molar-refractivity contribution in [3.63, 3.8) is 0 Å². The van der Waals surface area contributed by atoms with Gasteiger partial charge in [0.1, 0.15) is 12.4 Å². The minimum absolute atomic E-state index is 0.189. The second-order valence-corrected chi connectivity index (χ2v) is 5.53. The largest absolute Gasteiger partial charge is 0.474 e. The molecule has 1 saturated carbocycles. The minimum Gasteiger partial charge on any atom is -0.474 e. The van der Waals surface area contributed by atoms with E-state index in [9.17, 15) is 4.79 Å². The van der Waals surface area contributed by atoms with Gasteiger partial charge in [0.15, 0.2) is 5.82 Å². The highest BCUT2D eigenvalue weighted by atomic mass is 16.5. The van der Waals surface area contributed by atoms with Crippen molar-refractivity contribution in [1.29, 1.82) is 0 Å². The van der Waals surface area contributed by atoms with E-state index in [1.807, 2.05) is 0 Å². The highest BCUT2D eigenvalue weighted by Crippen LogP contribution is 2.24. The molecule has 0 bridgehead atoms. The number of hydrogen-bond acceptors (Lipinski definition) is 6. The lowest BCUT2D eigenvalue weighted by Gasteiger charge is -2.25. The molecule has 1 fully saturated rings. The molecule has 0 spiro atoms. The molecule has 122 valence electrons. The summed E-state index contributed by atoms with van der Waals surface area (Å²) in [6.45, 7) is 0. The van der Waals surface area contributed by atoms with Crippen LogP contribution in [0.1, 0.15) is 29.6 Å². The van der Waals surface area contributed by atoms with Gasteiger partial charge in [-0.3, -0.25) is 15.2 Å². The first-order valence-corrected chi connectivity index (χ1v) is 7.67. The number of pyridine rings is 1. The van der Waals surface area contributed by atoms with Crippen molar-refractivity contribution >= 4 is 11.9 Å². The van der Waals surface area contributed by atoms with E-state index < -0.39 is 0 Å². The third-order valence-electron chi connectivity index (χ3n) is 3.84. The smallest absolute Gasteiger partial charge is 0.258 e. The van der Waals surface area contributed by atoms with Crippen molar-refractivity contribution in [1.82, 2.24) is 20.2 Å². The number of aromatic nitrogens is 4. The molecule has 0 aliphatic heterocycles. The van der Waals surface area contributed by atoms with Crippen LogP contribution < -0.4 is 10.1 Å². The summed E-state index contributed by atoms with van der Waals surface area (Å²) in [5.74, 6) is 0.840. The van der Waals surface area contributed by atoms with Crippen LogP contribution in [0.15, 0.2) is 41.3 Å². The maximum atomic E-state index is 12.3. The fourth-order valence-corrected chi connectivity index (χ4v) is 2.29. The molecule has 24 heavy (non-hydrogen) atoms.